The highest BCUT2D eigenvalue weighted by atomic mass is 32.1. The van der Waals surface area contributed by atoms with Crippen molar-refractivity contribution >= 4 is 28.7 Å². The minimum absolute atomic E-state index is 0.834. The van der Waals surface area contributed by atoms with Gasteiger partial charge < -0.3 is 15.1 Å². The van der Waals surface area contributed by atoms with Crippen LogP contribution in [0.2, 0.25) is 0 Å². The molecule has 0 saturated carbocycles. The predicted octanol–water partition coefficient (Wildman–Crippen LogP) is 4.08. The fourth-order valence-corrected chi connectivity index (χ4v) is 3.51. The van der Waals surface area contributed by atoms with E-state index in [1.165, 1.54) is 16.8 Å². The minimum atomic E-state index is 0.834. The summed E-state index contributed by atoms with van der Waals surface area (Å²) in [5.41, 5.74) is 5.11. The number of aryl methyl sites for hydroxylation is 2. The standard InChI is InChI=1S/C20H25N3S/c1-3-17-9-5-6-10-18(17)21-20(24)23-14-12-22(13-15-23)19-11-7-4-8-16(19)2/h4-11H,3,12-15H2,1-2H3,(H,21,24). The fraction of sp³-hybridized carbons (Fsp3) is 0.350. The molecule has 126 valence electrons. The number of nitrogens with one attached hydrogen (secondary N) is 1. The van der Waals surface area contributed by atoms with Crippen molar-refractivity contribution in [3.05, 3.63) is 59.7 Å². The van der Waals surface area contributed by atoms with Gasteiger partial charge in [-0.15, -0.1) is 0 Å². The third-order valence-corrected chi connectivity index (χ3v) is 5.02. The molecular weight excluding hydrogens is 314 g/mol. The van der Waals surface area contributed by atoms with Crippen LogP contribution in [0.3, 0.4) is 0 Å². The van der Waals surface area contributed by atoms with Gasteiger partial charge in [0.25, 0.3) is 0 Å². The maximum Gasteiger partial charge on any atom is 0.173 e. The zero-order valence-corrected chi connectivity index (χ0v) is 15.3. The molecule has 2 aromatic rings. The molecule has 2 aromatic carbocycles. The number of piperazine rings is 1. The van der Waals surface area contributed by atoms with Gasteiger partial charge in [0.05, 0.1) is 0 Å². The van der Waals surface area contributed by atoms with Crippen molar-refractivity contribution in [2.75, 3.05) is 36.4 Å². The number of thiocarbonyl (C=S) groups is 1. The zero-order valence-electron chi connectivity index (χ0n) is 14.5. The van der Waals surface area contributed by atoms with Crippen LogP contribution in [0.4, 0.5) is 11.4 Å². The van der Waals surface area contributed by atoms with E-state index in [1.807, 2.05) is 0 Å². The molecule has 1 N–H and O–H groups in total. The Kier molecular flexibility index (Phi) is 5.36. The predicted molar refractivity (Wildman–Crippen MR) is 107 cm³/mol. The van der Waals surface area contributed by atoms with Crippen LogP contribution in [0.15, 0.2) is 48.5 Å². The van der Waals surface area contributed by atoms with E-state index in [2.05, 4.69) is 77.5 Å². The van der Waals surface area contributed by atoms with E-state index in [0.717, 1.165) is 43.4 Å². The van der Waals surface area contributed by atoms with E-state index in [-0.39, 0.29) is 0 Å². The maximum absolute atomic E-state index is 5.64. The molecule has 0 atom stereocenters. The van der Waals surface area contributed by atoms with Crippen LogP contribution in [0.1, 0.15) is 18.1 Å². The molecule has 3 nitrogen and oxygen atoms in total. The Morgan fingerprint density at radius 3 is 2.38 bits per heavy atom. The lowest BCUT2D eigenvalue weighted by Gasteiger charge is -2.38. The summed E-state index contributed by atoms with van der Waals surface area (Å²) in [6.07, 6.45) is 1.01. The monoisotopic (exact) mass is 339 g/mol. The Morgan fingerprint density at radius 2 is 1.67 bits per heavy atom. The van der Waals surface area contributed by atoms with Crippen molar-refractivity contribution in [1.82, 2.24) is 4.90 Å². The molecule has 1 fully saturated rings. The van der Waals surface area contributed by atoms with Gasteiger partial charge in [0.2, 0.25) is 0 Å². The molecule has 3 rings (SSSR count). The molecular formula is C20H25N3S. The molecule has 4 heteroatoms. The summed E-state index contributed by atoms with van der Waals surface area (Å²) in [6, 6.07) is 17.0. The highest BCUT2D eigenvalue weighted by Gasteiger charge is 2.20. The second kappa shape index (κ2) is 7.67. The van der Waals surface area contributed by atoms with E-state index in [0.29, 0.717) is 0 Å². The Labute approximate surface area is 150 Å². The van der Waals surface area contributed by atoms with Crippen LogP contribution in [0.5, 0.6) is 0 Å². The van der Waals surface area contributed by atoms with Gasteiger partial charge >= 0.3 is 0 Å². The lowest BCUT2D eigenvalue weighted by Crippen LogP contribution is -2.50. The van der Waals surface area contributed by atoms with Crippen LogP contribution >= 0.6 is 12.2 Å². The molecule has 0 amide bonds. The normalized spacial score (nSPS) is 14.6. The van der Waals surface area contributed by atoms with Crippen molar-refractivity contribution in [1.29, 1.82) is 0 Å². The van der Waals surface area contributed by atoms with Crippen molar-refractivity contribution in [3.63, 3.8) is 0 Å². The van der Waals surface area contributed by atoms with Crippen molar-refractivity contribution in [2.24, 2.45) is 0 Å². The molecule has 0 radical (unpaired) electrons. The highest BCUT2D eigenvalue weighted by Crippen LogP contribution is 2.21. The summed E-state index contributed by atoms with van der Waals surface area (Å²) in [6.45, 7) is 8.26. The molecule has 1 saturated heterocycles. The van der Waals surface area contributed by atoms with Crippen LogP contribution in [0.25, 0.3) is 0 Å². The number of hydrogen-bond acceptors (Lipinski definition) is 2. The summed E-state index contributed by atoms with van der Waals surface area (Å²) in [7, 11) is 0. The second-order valence-electron chi connectivity index (χ2n) is 6.20. The molecule has 24 heavy (non-hydrogen) atoms. The third kappa shape index (κ3) is 3.70. The van der Waals surface area contributed by atoms with Gasteiger partial charge in [0.15, 0.2) is 5.11 Å². The molecule has 0 aromatic heterocycles. The van der Waals surface area contributed by atoms with Crippen LogP contribution in [-0.4, -0.2) is 36.2 Å². The number of para-hydroxylation sites is 2. The van der Waals surface area contributed by atoms with E-state index < -0.39 is 0 Å². The number of anilines is 2. The summed E-state index contributed by atoms with van der Waals surface area (Å²) in [5.74, 6) is 0. The largest absolute Gasteiger partial charge is 0.368 e. The first-order valence-corrected chi connectivity index (χ1v) is 9.04. The van der Waals surface area contributed by atoms with Gasteiger partial charge in [-0.1, -0.05) is 43.3 Å². The van der Waals surface area contributed by atoms with Crippen LogP contribution in [-0.2, 0) is 6.42 Å². The molecule has 1 heterocycles. The van der Waals surface area contributed by atoms with Crippen molar-refractivity contribution < 1.29 is 0 Å². The SMILES string of the molecule is CCc1ccccc1NC(=S)N1CCN(c2ccccc2C)CC1. The molecule has 0 spiro atoms. The average molecular weight is 340 g/mol. The van der Waals surface area contributed by atoms with Gasteiger partial charge in [-0.3, -0.25) is 0 Å². The first-order valence-electron chi connectivity index (χ1n) is 8.63. The number of benzene rings is 2. The Bertz CT molecular complexity index is 706. The first-order chi connectivity index (χ1) is 11.7. The lowest BCUT2D eigenvalue weighted by molar-refractivity contribution is 0.390. The summed E-state index contributed by atoms with van der Waals surface area (Å²) in [5, 5.41) is 4.27. The number of hydrogen-bond donors (Lipinski definition) is 1. The van der Waals surface area contributed by atoms with Crippen LogP contribution in [0, 0.1) is 6.92 Å². The summed E-state index contributed by atoms with van der Waals surface area (Å²) < 4.78 is 0. The Balaban J connectivity index is 1.60. The van der Waals surface area contributed by atoms with E-state index >= 15 is 0 Å². The quantitative estimate of drug-likeness (QED) is 0.849. The number of nitrogens with zero attached hydrogens (tertiary/aromatic N) is 2. The zero-order chi connectivity index (χ0) is 16.9. The van der Waals surface area contributed by atoms with Gasteiger partial charge in [-0.2, -0.15) is 0 Å². The topological polar surface area (TPSA) is 18.5 Å². The maximum atomic E-state index is 5.64. The van der Waals surface area contributed by atoms with Gasteiger partial charge in [0.1, 0.15) is 0 Å². The summed E-state index contributed by atoms with van der Waals surface area (Å²) >= 11 is 5.64. The van der Waals surface area contributed by atoms with E-state index in [4.69, 9.17) is 12.2 Å². The summed E-state index contributed by atoms with van der Waals surface area (Å²) in [4.78, 5) is 4.73. The molecule has 0 unspecified atom stereocenters. The third-order valence-electron chi connectivity index (χ3n) is 4.66. The van der Waals surface area contributed by atoms with Crippen molar-refractivity contribution in [2.45, 2.75) is 20.3 Å². The fourth-order valence-electron chi connectivity index (χ4n) is 3.21. The first kappa shape index (κ1) is 16.8. The lowest BCUT2D eigenvalue weighted by atomic mass is 10.1. The van der Waals surface area contributed by atoms with Crippen LogP contribution < -0.4 is 10.2 Å². The molecule has 0 aliphatic carbocycles. The van der Waals surface area contributed by atoms with Crippen molar-refractivity contribution in [3.8, 4) is 0 Å². The Hall–Kier alpha value is -2.07. The smallest absolute Gasteiger partial charge is 0.173 e. The molecule has 1 aliphatic rings. The second-order valence-corrected chi connectivity index (χ2v) is 6.59. The van der Waals surface area contributed by atoms with E-state index in [1.54, 1.807) is 0 Å². The van der Waals surface area contributed by atoms with Gasteiger partial charge in [-0.05, 0) is 48.8 Å². The molecule has 0 bridgehead atoms. The highest BCUT2D eigenvalue weighted by molar-refractivity contribution is 7.80. The molecule has 1 aliphatic heterocycles. The Morgan fingerprint density at radius 1 is 1.00 bits per heavy atom. The van der Waals surface area contributed by atoms with E-state index in [9.17, 15) is 0 Å². The number of rotatable bonds is 3. The van der Waals surface area contributed by atoms with Gasteiger partial charge in [-0.25, -0.2) is 0 Å². The average Bonchev–Trinajstić information content (AvgIpc) is 2.63. The minimum Gasteiger partial charge on any atom is -0.368 e. The van der Waals surface area contributed by atoms with Gasteiger partial charge in [0, 0.05) is 37.6 Å².